The number of nitrogens with zero attached hydrogens (tertiary/aromatic N) is 1. The van der Waals surface area contributed by atoms with Gasteiger partial charge in [-0.05, 0) is 63.5 Å². The summed E-state index contributed by atoms with van der Waals surface area (Å²) >= 11 is 0. The van der Waals surface area contributed by atoms with Gasteiger partial charge in [-0.1, -0.05) is 0 Å². The fourth-order valence-electron chi connectivity index (χ4n) is 3.00. The third-order valence-electron chi connectivity index (χ3n) is 4.64. The van der Waals surface area contributed by atoms with E-state index in [1.165, 1.54) is 32.4 Å². The van der Waals surface area contributed by atoms with Gasteiger partial charge in [-0.25, -0.2) is 13.1 Å². The summed E-state index contributed by atoms with van der Waals surface area (Å²) in [7, 11) is 1.38. The van der Waals surface area contributed by atoms with E-state index in [0.29, 0.717) is 18.2 Å². The lowest BCUT2D eigenvalue weighted by Gasteiger charge is -2.28. The minimum Gasteiger partial charge on any atom is -0.496 e. The Labute approximate surface area is 149 Å². The highest BCUT2D eigenvalue weighted by Gasteiger charge is 2.21. The second-order valence-electron chi connectivity index (χ2n) is 6.37. The van der Waals surface area contributed by atoms with Crippen LogP contribution in [0.3, 0.4) is 0 Å². The van der Waals surface area contributed by atoms with E-state index in [-0.39, 0.29) is 16.4 Å². The van der Waals surface area contributed by atoms with Gasteiger partial charge in [-0.2, -0.15) is 0 Å². The molecule has 1 aliphatic heterocycles. The molecule has 25 heavy (non-hydrogen) atoms. The van der Waals surface area contributed by atoms with Crippen LogP contribution in [0.1, 0.15) is 29.6 Å². The molecule has 1 aliphatic rings. The van der Waals surface area contributed by atoms with Crippen LogP contribution >= 0.6 is 0 Å². The molecule has 0 atom stereocenters. The van der Waals surface area contributed by atoms with E-state index in [1.54, 1.807) is 0 Å². The second-order valence-corrected chi connectivity index (χ2v) is 8.14. The van der Waals surface area contributed by atoms with Crippen molar-refractivity contribution >= 4 is 15.9 Å². The van der Waals surface area contributed by atoms with Crippen molar-refractivity contribution in [2.75, 3.05) is 40.8 Å². The van der Waals surface area contributed by atoms with Crippen molar-refractivity contribution in [2.24, 2.45) is 5.92 Å². The van der Waals surface area contributed by atoms with Crippen LogP contribution in [-0.2, 0) is 10.0 Å². The molecular formula is C17H27N3O4S. The van der Waals surface area contributed by atoms with Crippen LogP contribution in [0.5, 0.6) is 5.75 Å². The quantitative estimate of drug-likeness (QED) is 0.751. The molecule has 2 rings (SSSR count). The number of piperidine rings is 1. The van der Waals surface area contributed by atoms with E-state index >= 15 is 0 Å². The molecule has 0 aliphatic carbocycles. The van der Waals surface area contributed by atoms with Crippen molar-refractivity contribution < 1.29 is 17.9 Å². The van der Waals surface area contributed by atoms with Gasteiger partial charge in [0, 0.05) is 13.6 Å². The molecule has 1 saturated heterocycles. The molecule has 1 amide bonds. The van der Waals surface area contributed by atoms with Crippen LogP contribution in [0.25, 0.3) is 0 Å². The smallest absolute Gasteiger partial charge is 0.254 e. The number of rotatable bonds is 7. The van der Waals surface area contributed by atoms with Gasteiger partial charge < -0.3 is 15.0 Å². The molecule has 1 aromatic rings. The third kappa shape index (κ3) is 5.17. The van der Waals surface area contributed by atoms with Crippen molar-refractivity contribution in [2.45, 2.75) is 24.2 Å². The van der Waals surface area contributed by atoms with Gasteiger partial charge in [0.25, 0.3) is 5.91 Å². The zero-order chi connectivity index (χ0) is 18.4. The van der Waals surface area contributed by atoms with Crippen LogP contribution in [0.15, 0.2) is 23.1 Å². The lowest BCUT2D eigenvalue weighted by atomic mass is 9.94. The van der Waals surface area contributed by atoms with E-state index in [0.717, 1.165) is 32.4 Å². The number of hydrogen-bond donors (Lipinski definition) is 2. The number of benzene rings is 1. The van der Waals surface area contributed by atoms with E-state index < -0.39 is 10.0 Å². The molecular weight excluding hydrogens is 342 g/mol. The van der Waals surface area contributed by atoms with Gasteiger partial charge >= 0.3 is 0 Å². The zero-order valence-corrected chi connectivity index (χ0v) is 15.9. The highest BCUT2D eigenvalue weighted by Crippen LogP contribution is 2.23. The Morgan fingerprint density at radius 2 is 2.00 bits per heavy atom. The second kappa shape index (κ2) is 8.64. The van der Waals surface area contributed by atoms with Crippen molar-refractivity contribution in [3.63, 3.8) is 0 Å². The molecule has 0 bridgehead atoms. The summed E-state index contributed by atoms with van der Waals surface area (Å²) in [4.78, 5) is 14.3. The summed E-state index contributed by atoms with van der Waals surface area (Å²) in [5.41, 5.74) is 0.197. The predicted molar refractivity (Wildman–Crippen MR) is 96.4 cm³/mol. The maximum Gasteiger partial charge on any atom is 0.254 e. The molecule has 1 aromatic carbocycles. The first-order chi connectivity index (χ1) is 11.9. The predicted octanol–water partition coefficient (Wildman–Crippen LogP) is 1.07. The van der Waals surface area contributed by atoms with E-state index in [2.05, 4.69) is 22.0 Å². The number of sulfonamides is 1. The number of carbonyl (C=O) groups excluding carboxylic acids is 1. The zero-order valence-electron chi connectivity index (χ0n) is 15.0. The SMILES string of the molecule is CNC(=O)c1cc(S(=O)(=O)NCCC2CCN(C)CC2)ccc1OC. The molecule has 0 spiro atoms. The third-order valence-corrected chi connectivity index (χ3v) is 6.09. The standard InChI is InChI=1S/C17H27N3O4S/c1-18-17(21)15-12-14(4-5-16(15)24-3)25(22,23)19-9-6-13-7-10-20(2)11-8-13/h4-5,12-13,19H,6-11H2,1-3H3,(H,18,21). The molecule has 7 nitrogen and oxygen atoms in total. The molecule has 1 heterocycles. The lowest BCUT2D eigenvalue weighted by Crippen LogP contribution is -2.32. The first kappa shape index (κ1) is 19.7. The fraction of sp³-hybridized carbons (Fsp3) is 0.588. The minimum absolute atomic E-state index is 0.0651. The number of amides is 1. The van der Waals surface area contributed by atoms with Gasteiger partial charge in [0.1, 0.15) is 5.75 Å². The number of ether oxygens (including phenoxy) is 1. The van der Waals surface area contributed by atoms with Crippen molar-refractivity contribution in [3.8, 4) is 5.75 Å². The maximum atomic E-state index is 12.5. The number of carbonyl (C=O) groups is 1. The molecule has 0 saturated carbocycles. The lowest BCUT2D eigenvalue weighted by molar-refractivity contribution is 0.0960. The average molecular weight is 369 g/mol. The number of hydrogen-bond acceptors (Lipinski definition) is 5. The Hall–Kier alpha value is -1.64. The molecule has 0 aromatic heterocycles. The number of likely N-dealkylation sites (tertiary alicyclic amines) is 1. The van der Waals surface area contributed by atoms with Gasteiger partial charge in [-0.15, -0.1) is 0 Å². The van der Waals surface area contributed by atoms with Crippen molar-refractivity contribution in [1.29, 1.82) is 0 Å². The summed E-state index contributed by atoms with van der Waals surface area (Å²) in [6, 6.07) is 4.29. The molecule has 8 heteroatoms. The van der Waals surface area contributed by atoms with Crippen LogP contribution in [-0.4, -0.2) is 60.1 Å². The van der Waals surface area contributed by atoms with Gasteiger partial charge in [0.2, 0.25) is 10.0 Å². The summed E-state index contributed by atoms with van der Waals surface area (Å²) in [5.74, 6) is 0.501. The summed E-state index contributed by atoms with van der Waals surface area (Å²) in [6.45, 7) is 2.52. The molecule has 140 valence electrons. The average Bonchev–Trinajstić information content (AvgIpc) is 2.62. The Morgan fingerprint density at radius 3 is 2.60 bits per heavy atom. The van der Waals surface area contributed by atoms with Crippen LogP contribution in [0.2, 0.25) is 0 Å². The summed E-state index contributed by atoms with van der Waals surface area (Å²) in [6.07, 6.45) is 3.02. The largest absolute Gasteiger partial charge is 0.496 e. The van der Waals surface area contributed by atoms with Crippen molar-refractivity contribution in [1.82, 2.24) is 14.9 Å². The number of methoxy groups -OCH3 is 1. The van der Waals surface area contributed by atoms with Crippen LogP contribution in [0, 0.1) is 5.92 Å². The first-order valence-electron chi connectivity index (χ1n) is 8.45. The van der Waals surface area contributed by atoms with Crippen molar-refractivity contribution in [3.05, 3.63) is 23.8 Å². The van der Waals surface area contributed by atoms with Crippen LogP contribution < -0.4 is 14.8 Å². The Morgan fingerprint density at radius 1 is 1.32 bits per heavy atom. The normalized spacial score (nSPS) is 16.6. The summed E-state index contributed by atoms with van der Waals surface area (Å²) < 4.78 is 32.8. The molecule has 0 unspecified atom stereocenters. The molecule has 0 radical (unpaired) electrons. The highest BCUT2D eigenvalue weighted by molar-refractivity contribution is 7.89. The summed E-state index contributed by atoms with van der Waals surface area (Å²) in [5, 5.41) is 2.49. The van der Waals surface area contributed by atoms with Crippen LogP contribution in [0.4, 0.5) is 0 Å². The Bertz CT molecular complexity index is 698. The Kier molecular flexibility index (Phi) is 6.80. The van der Waals surface area contributed by atoms with Gasteiger partial charge in [0.15, 0.2) is 0 Å². The number of nitrogens with one attached hydrogen (secondary N) is 2. The van der Waals surface area contributed by atoms with Gasteiger partial charge in [-0.3, -0.25) is 4.79 Å². The van der Waals surface area contributed by atoms with E-state index in [9.17, 15) is 13.2 Å². The van der Waals surface area contributed by atoms with E-state index in [1.807, 2.05) is 0 Å². The fourth-order valence-corrected chi connectivity index (χ4v) is 4.07. The highest BCUT2D eigenvalue weighted by atomic mass is 32.2. The maximum absolute atomic E-state index is 12.5. The topological polar surface area (TPSA) is 87.7 Å². The first-order valence-corrected chi connectivity index (χ1v) is 9.94. The Balaban J connectivity index is 2.02. The monoisotopic (exact) mass is 369 g/mol. The minimum atomic E-state index is -3.66. The molecule has 1 fully saturated rings. The van der Waals surface area contributed by atoms with Gasteiger partial charge in [0.05, 0.1) is 17.6 Å². The van der Waals surface area contributed by atoms with E-state index in [4.69, 9.17) is 4.74 Å². The molecule has 2 N–H and O–H groups in total.